The van der Waals surface area contributed by atoms with Gasteiger partial charge in [-0.15, -0.1) is 0 Å². The van der Waals surface area contributed by atoms with Crippen molar-refractivity contribution in [2.24, 2.45) is 0 Å². The van der Waals surface area contributed by atoms with Gasteiger partial charge >= 0.3 is 0 Å². The van der Waals surface area contributed by atoms with E-state index in [1.54, 1.807) is 0 Å². The van der Waals surface area contributed by atoms with E-state index in [4.69, 9.17) is 4.74 Å². The van der Waals surface area contributed by atoms with Crippen molar-refractivity contribution in [2.45, 2.75) is 52.2 Å². The molecule has 0 bridgehead atoms. The van der Waals surface area contributed by atoms with E-state index in [1.165, 1.54) is 0 Å². The van der Waals surface area contributed by atoms with Gasteiger partial charge in [0.25, 0.3) is 0 Å². The molecule has 0 spiro atoms. The van der Waals surface area contributed by atoms with E-state index < -0.39 is 0 Å². The van der Waals surface area contributed by atoms with Gasteiger partial charge in [0.1, 0.15) is 0 Å². The van der Waals surface area contributed by atoms with Gasteiger partial charge in [-0.05, 0) is 33.2 Å². The molecule has 1 unspecified atom stereocenters. The Morgan fingerprint density at radius 1 is 1.41 bits per heavy atom. The summed E-state index contributed by atoms with van der Waals surface area (Å²) in [5.41, 5.74) is 0. The van der Waals surface area contributed by atoms with Crippen LogP contribution >= 0.6 is 0 Å². The molecule has 1 aliphatic rings. The van der Waals surface area contributed by atoms with E-state index in [9.17, 15) is 4.79 Å². The molecule has 0 saturated carbocycles. The molecule has 0 aliphatic carbocycles. The summed E-state index contributed by atoms with van der Waals surface area (Å²) in [6, 6.07) is 0.275. The Kier molecular flexibility index (Phi) is 6.52. The smallest absolute Gasteiger partial charge is 0.224 e. The SMILES string of the molecule is CCNC(C)CC(=O)N1CCC(OCC)CC1. The third-order valence-electron chi connectivity index (χ3n) is 3.23. The summed E-state index contributed by atoms with van der Waals surface area (Å²) in [6.07, 6.45) is 2.92. The van der Waals surface area contributed by atoms with Crippen LogP contribution < -0.4 is 5.32 Å². The van der Waals surface area contributed by atoms with Crippen molar-refractivity contribution in [1.82, 2.24) is 10.2 Å². The first-order chi connectivity index (χ1) is 8.17. The molecule has 0 aromatic carbocycles. The van der Waals surface area contributed by atoms with E-state index in [2.05, 4.69) is 19.2 Å². The van der Waals surface area contributed by atoms with Gasteiger partial charge in [-0.3, -0.25) is 4.79 Å². The highest BCUT2D eigenvalue weighted by atomic mass is 16.5. The summed E-state index contributed by atoms with van der Waals surface area (Å²) < 4.78 is 5.58. The Bertz CT molecular complexity index is 225. The predicted octanol–water partition coefficient (Wildman–Crippen LogP) is 1.40. The Morgan fingerprint density at radius 3 is 2.59 bits per heavy atom. The summed E-state index contributed by atoms with van der Waals surface area (Å²) in [5.74, 6) is 0.272. The number of nitrogens with zero attached hydrogens (tertiary/aromatic N) is 1. The largest absolute Gasteiger partial charge is 0.378 e. The molecule has 1 heterocycles. The summed E-state index contributed by atoms with van der Waals surface area (Å²) in [5, 5.41) is 3.27. The molecule has 1 N–H and O–H groups in total. The van der Waals surface area contributed by atoms with Crippen molar-refractivity contribution >= 4 is 5.91 Å². The Balaban J connectivity index is 2.25. The molecule has 0 aromatic rings. The lowest BCUT2D eigenvalue weighted by atomic mass is 10.1. The van der Waals surface area contributed by atoms with E-state index in [0.29, 0.717) is 12.5 Å². The average molecular weight is 242 g/mol. The average Bonchev–Trinajstić information content (AvgIpc) is 2.30. The van der Waals surface area contributed by atoms with E-state index >= 15 is 0 Å². The minimum Gasteiger partial charge on any atom is -0.378 e. The Morgan fingerprint density at radius 2 is 2.06 bits per heavy atom. The third kappa shape index (κ3) is 5.04. The first kappa shape index (κ1) is 14.5. The number of amides is 1. The van der Waals surface area contributed by atoms with E-state index in [-0.39, 0.29) is 11.9 Å². The van der Waals surface area contributed by atoms with Crippen LogP contribution in [0, 0.1) is 0 Å². The maximum atomic E-state index is 12.0. The summed E-state index contributed by atoms with van der Waals surface area (Å²) in [4.78, 5) is 14.0. The van der Waals surface area contributed by atoms with Gasteiger partial charge in [0.05, 0.1) is 6.10 Å². The fourth-order valence-electron chi connectivity index (χ4n) is 2.32. The summed E-state index contributed by atoms with van der Waals surface area (Å²) in [6.45, 7) is 9.54. The van der Waals surface area contributed by atoms with Crippen LogP contribution in [-0.4, -0.2) is 49.2 Å². The number of likely N-dealkylation sites (tertiary alicyclic amines) is 1. The molecular weight excluding hydrogens is 216 g/mol. The number of nitrogens with one attached hydrogen (secondary N) is 1. The molecule has 17 heavy (non-hydrogen) atoms. The van der Waals surface area contributed by atoms with Crippen LogP contribution in [0.15, 0.2) is 0 Å². The molecule has 0 aromatic heterocycles. The molecule has 1 aliphatic heterocycles. The lowest BCUT2D eigenvalue weighted by molar-refractivity contribution is -0.134. The number of piperidine rings is 1. The van der Waals surface area contributed by atoms with Crippen molar-refractivity contribution in [3.63, 3.8) is 0 Å². The van der Waals surface area contributed by atoms with Gasteiger partial charge in [-0.25, -0.2) is 0 Å². The highest BCUT2D eigenvalue weighted by Crippen LogP contribution is 2.14. The molecule has 1 saturated heterocycles. The fourth-order valence-corrected chi connectivity index (χ4v) is 2.32. The molecule has 4 heteroatoms. The van der Waals surface area contributed by atoms with Crippen LogP contribution in [0.3, 0.4) is 0 Å². The molecule has 4 nitrogen and oxygen atoms in total. The quantitative estimate of drug-likeness (QED) is 0.765. The molecule has 1 atom stereocenters. The highest BCUT2D eigenvalue weighted by molar-refractivity contribution is 5.76. The van der Waals surface area contributed by atoms with Gasteiger partial charge in [0.2, 0.25) is 5.91 Å². The van der Waals surface area contributed by atoms with Crippen molar-refractivity contribution in [3.05, 3.63) is 0 Å². The number of carbonyl (C=O) groups excluding carboxylic acids is 1. The number of rotatable bonds is 6. The van der Waals surface area contributed by atoms with Gasteiger partial charge in [0, 0.05) is 32.2 Å². The molecule has 1 rings (SSSR count). The van der Waals surface area contributed by atoms with E-state index in [0.717, 1.165) is 39.1 Å². The molecule has 1 amide bonds. The predicted molar refractivity (Wildman–Crippen MR) is 69.0 cm³/mol. The van der Waals surface area contributed by atoms with Gasteiger partial charge in [-0.2, -0.15) is 0 Å². The van der Waals surface area contributed by atoms with Crippen LogP contribution in [0.2, 0.25) is 0 Å². The third-order valence-corrected chi connectivity index (χ3v) is 3.23. The van der Waals surface area contributed by atoms with Crippen molar-refractivity contribution < 1.29 is 9.53 Å². The molecular formula is C13H26N2O2. The standard InChI is InChI=1S/C13H26N2O2/c1-4-14-11(3)10-13(16)15-8-6-12(7-9-15)17-5-2/h11-12,14H,4-10H2,1-3H3. The number of hydrogen-bond donors (Lipinski definition) is 1. The van der Waals surface area contributed by atoms with Crippen LogP contribution in [0.1, 0.15) is 40.0 Å². The minimum atomic E-state index is 0.272. The van der Waals surface area contributed by atoms with E-state index in [1.807, 2.05) is 11.8 Å². The molecule has 100 valence electrons. The van der Waals surface area contributed by atoms with Crippen LogP contribution in [0.4, 0.5) is 0 Å². The van der Waals surface area contributed by atoms with Crippen molar-refractivity contribution in [3.8, 4) is 0 Å². The van der Waals surface area contributed by atoms with Crippen LogP contribution in [-0.2, 0) is 9.53 Å². The lowest BCUT2D eigenvalue weighted by Gasteiger charge is -2.32. The highest BCUT2D eigenvalue weighted by Gasteiger charge is 2.23. The maximum Gasteiger partial charge on any atom is 0.224 e. The fraction of sp³-hybridized carbons (Fsp3) is 0.923. The number of ether oxygens (including phenoxy) is 1. The van der Waals surface area contributed by atoms with Crippen LogP contribution in [0.5, 0.6) is 0 Å². The van der Waals surface area contributed by atoms with Crippen LogP contribution in [0.25, 0.3) is 0 Å². The minimum absolute atomic E-state index is 0.272. The van der Waals surface area contributed by atoms with Gasteiger partial charge in [0.15, 0.2) is 0 Å². The lowest BCUT2D eigenvalue weighted by Crippen LogP contribution is -2.43. The first-order valence-corrected chi connectivity index (χ1v) is 6.80. The summed E-state index contributed by atoms with van der Waals surface area (Å²) >= 11 is 0. The monoisotopic (exact) mass is 242 g/mol. The zero-order valence-electron chi connectivity index (χ0n) is 11.4. The number of carbonyl (C=O) groups is 1. The molecule has 1 fully saturated rings. The van der Waals surface area contributed by atoms with Crippen molar-refractivity contribution in [1.29, 1.82) is 0 Å². The second-order valence-corrected chi connectivity index (χ2v) is 4.70. The summed E-state index contributed by atoms with van der Waals surface area (Å²) in [7, 11) is 0. The Hall–Kier alpha value is -0.610. The number of hydrogen-bond acceptors (Lipinski definition) is 3. The first-order valence-electron chi connectivity index (χ1n) is 6.80. The topological polar surface area (TPSA) is 41.6 Å². The second-order valence-electron chi connectivity index (χ2n) is 4.70. The Labute approximate surface area is 105 Å². The zero-order valence-corrected chi connectivity index (χ0v) is 11.4. The molecule has 0 radical (unpaired) electrons. The van der Waals surface area contributed by atoms with Crippen molar-refractivity contribution in [2.75, 3.05) is 26.2 Å². The maximum absolute atomic E-state index is 12.0. The normalized spacial score (nSPS) is 19.4. The van der Waals surface area contributed by atoms with Gasteiger partial charge < -0.3 is 15.0 Å². The second kappa shape index (κ2) is 7.67. The zero-order chi connectivity index (χ0) is 12.7. The van der Waals surface area contributed by atoms with Gasteiger partial charge in [-0.1, -0.05) is 6.92 Å².